The normalized spacial score (nSPS) is 10.9. The zero-order chi connectivity index (χ0) is 19.5. The summed E-state index contributed by atoms with van der Waals surface area (Å²) in [5.41, 5.74) is 4.98. The quantitative estimate of drug-likeness (QED) is 0.482. The fourth-order valence-electron chi connectivity index (χ4n) is 3.08. The van der Waals surface area contributed by atoms with Gasteiger partial charge in [0.25, 0.3) is 11.3 Å². The number of aromatic nitrogens is 4. The average molecular weight is 374 g/mol. The summed E-state index contributed by atoms with van der Waals surface area (Å²) in [6, 6.07) is 17.7. The van der Waals surface area contributed by atoms with E-state index in [1.54, 1.807) is 0 Å². The first-order valence-electron chi connectivity index (χ1n) is 9.16. The SMILES string of the molecule is Cc1ccc(NCc2cc(=O)n3[nH]c(NCc4ccccc4)nc3n2)c(C)c1. The summed E-state index contributed by atoms with van der Waals surface area (Å²) in [6.07, 6.45) is 0. The smallest absolute Gasteiger partial charge is 0.274 e. The average Bonchev–Trinajstić information content (AvgIpc) is 3.10. The molecule has 2 heterocycles. The molecule has 2 aromatic carbocycles. The Hall–Kier alpha value is -3.61. The van der Waals surface area contributed by atoms with Crippen LogP contribution in [0.3, 0.4) is 0 Å². The number of nitrogens with one attached hydrogen (secondary N) is 3. The zero-order valence-electron chi connectivity index (χ0n) is 15.9. The standard InChI is InChI=1S/C21H22N6O/c1-14-8-9-18(15(2)10-14)22-13-17-11-19(28)27-21(24-17)25-20(26-27)23-12-16-6-4-3-5-7-16/h3-11,22H,12-13H2,1-2H3,(H2,23,24,25,26). The number of benzene rings is 2. The molecule has 0 spiro atoms. The predicted octanol–water partition coefficient (Wildman–Crippen LogP) is 3.26. The van der Waals surface area contributed by atoms with E-state index in [0.717, 1.165) is 16.8 Å². The maximum absolute atomic E-state index is 12.4. The Labute approximate surface area is 162 Å². The molecule has 0 aliphatic carbocycles. The highest BCUT2D eigenvalue weighted by molar-refractivity contribution is 5.52. The molecule has 0 radical (unpaired) electrons. The van der Waals surface area contributed by atoms with Crippen LogP contribution in [0.1, 0.15) is 22.4 Å². The van der Waals surface area contributed by atoms with Crippen molar-refractivity contribution < 1.29 is 0 Å². The van der Waals surface area contributed by atoms with Crippen LogP contribution in [-0.4, -0.2) is 19.6 Å². The van der Waals surface area contributed by atoms with E-state index in [9.17, 15) is 4.79 Å². The number of aromatic amines is 1. The first kappa shape index (κ1) is 17.8. The number of nitrogens with zero attached hydrogens (tertiary/aromatic N) is 3. The third-order valence-corrected chi connectivity index (χ3v) is 4.53. The lowest BCUT2D eigenvalue weighted by Crippen LogP contribution is -2.17. The van der Waals surface area contributed by atoms with Crippen LogP contribution < -0.4 is 16.2 Å². The molecule has 0 aliphatic rings. The number of rotatable bonds is 6. The number of hydrogen-bond donors (Lipinski definition) is 3. The Morgan fingerprint density at radius 3 is 2.57 bits per heavy atom. The molecule has 0 saturated carbocycles. The van der Waals surface area contributed by atoms with E-state index in [2.05, 4.69) is 51.7 Å². The van der Waals surface area contributed by atoms with Gasteiger partial charge in [-0.3, -0.25) is 9.89 Å². The van der Waals surface area contributed by atoms with E-state index in [1.165, 1.54) is 16.1 Å². The number of H-pyrrole nitrogens is 1. The van der Waals surface area contributed by atoms with Crippen LogP contribution in [0.5, 0.6) is 0 Å². The zero-order valence-corrected chi connectivity index (χ0v) is 15.9. The van der Waals surface area contributed by atoms with Gasteiger partial charge in [-0.2, -0.15) is 9.50 Å². The number of anilines is 2. The van der Waals surface area contributed by atoms with Crippen molar-refractivity contribution in [2.75, 3.05) is 10.6 Å². The molecular weight excluding hydrogens is 352 g/mol. The van der Waals surface area contributed by atoms with Crippen LogP contribution in [0.4, 0.5) is 11.6 Å². The first-order chi connectivity index (χ1) is 13.6. The molecule has 3 N–H and O–H groups in total. The van der Waals surface area contributed by atoms with Gasteiger partial charge in [0.15, 0.2) is 0 Å². The van der Waals surface area contributed by atoms with Gasteiger partial charge in [-0.15, -0.1) is 0 Å². The lowest BCUT2D eigenvalue weighted by atomic mass is 10.1. The summed E-state index contributed by atoms with van der Waals surface area (Å²) in [7, 11) is 0. The van der Waals surface area contributed by atoms with Crippen molar-refractivity contribution in [3.63, 3.8) is 0 Å². The molecule has 142 valence electrons. The van der Waals surface area contributed by atoms with Gasteiger partial charge < -0.3 is 10.6 Å². The third-order valence-electron chi connectivity index (χ3n) is 4.53. The molecule has 7 heteroatoms. The molecule has 4 aromatic rings. The maximum atomic E-state index is 12.4. The molecule has 2 aromatic heterocycles. The van der Waals surface area contributed by atoms with E-state index in [0.29, 0.717) is 30.5 Å². The van der Waals surface area contributed by atoms with Crippen LogP contribution in [0.2, 0.25) is 0 Å². The maximum Gasteiger partial charge on any atom is 0.274 e. The largest absolute Gasteiger partial charge is 0.379 e. The molecule has 0 unspecified atom stereocenters. The molecule has 0 bridgehead atoms. The van der Waals surface area contributed by atoms with Gasteiger partial charge in [-0.1, -0.05) is 48.0 Å². The van der Waals surface area contributed by atoms with Crippen molar-refractivity contribution in [3.8, 4) is 0 Å². The minimum atomic E-state index is -0.192. The minimum Gasteiger partial charge on any atom is -0.379 e. The molecule has 7 nitrogen and oxygen atoms in total. The van der Waals surface area contributed by atoms with Crippen LogP contribution in [-0.2, 0) is 13.1 Å². The Bertz CT molecular complexity index is 1160. The molecule has 4 rings (SSSR count). The summed E-state index contributed by atoms with van der Waals surface area (Å²) in [4.78, 5) is 21.3. The fourth-order valence-corrected chi connectivity index (χ4v) is 3.08. The highest BCUT2D eigenvalue weighted by Crippen LogP contribution is 2.16. The fraction of sp³-hybridized carbons (Fsp3) is 0.190. The molecule has 0 amide bonds. The van der Waals surface area contributed by atoms with E-state index in [-0.39, 0.29) is 5.56 Å². The molecule has 0 atom stereocenters. The van der Waals surface area contributed by atoms with Gasteiger partial charge in [0.1, 0.15) is 0 Å². The molecular formula is C21H22N6O. The number of fused-ring (bicyclic) bond motifs is 1. The van der Waals surface area contributed by atoms with Gasteiger partial charge in [-0.05, 0) is 31.0 Å². The molecule has 0 aliphatic heterocycles. The van der Waals surface area contributed by atoms with Crippen LogP contribution >= 0.6 is 0 Å². The van der Waals surface area contributed by atoms with Crippen molar-refractivity contribution in [2.45, 2.75) is 26.9 Å². The van der Waals surface area contributed by atoms with E-state index in [1.807, 2.05) is 36.4 Å². The van der Waals surface area contributed by atoms with Crippen LogP contribution in [0, 0.1) is 13.8 Å². The molecule has 0 fully saturated rings. The molecule has 0 saturated heterocycles. The van der Waals surface area contributed by atoms with Crippen LogP contribution in [0.15, 0.2) is 59.4 Å². The van der Waals surface area contributed by atoms with Gasteiger partial charge in [0, 0.05) is 18.3 Å². The topological polar surface area (TPSA) is 87.1 Å². The summed E-state index contributed by atoms with van der Waals surface area (Å²) in [5.74, 6) is 0.855. The lowest BCUT2D eigenvalue weighted by Gasteiger charge is -2.09. The summed E-state index contributed by atoms with van der Waals surface area (Å²) in [6.45, 7) is 5.18. The number of hydrogen-bond acceptors (Lipinski definition) is 5. The Morgan fingerprint density at radius 2 is 1.79 bits per heavy atom. The first-order valence-corrected chi connectivity index (χ1v) is 9.16. The summed E-state index contributed by atoms with van der Waals surface area (Å²) >= 11 is 0. The van der Waals surface area contributed by atoms with E-state index >= 15 is 0 Å². The van der Waals surface area contributed by atoms with Gasteiger partial charge in [-0.25, -0.2) is 4.98 Å². The summed E-state index contributed by atoms with van der Waals surface area (Å²) < 4.78 is 1.34. The predicted molar refractivity (Wildman–Crippen MR) is 111 cm³/mol. The Balaban J connectivity index is 1.50. The van der Waals surface area contributed by atoms with Gasteiger partial charge in [0.2, 0.25) is 5.95 Å². The number of aryl methyl sites for hydroxylation is 2. The second-order valence-corrected chi connectivity index (χ2v) is 6.80. The van der Waals surface area contributed by atoms with Crippen molar-refractivity contribution in [2.24, 2.45) is 0 Å². The summed E-state index contributed by atoms with van der Waals surface area (Å²) in [5, 5.41) is 9.47. The van der Waals surface area contributed by atoms with Crippen LogP contribution in [0.25, 0.3) is 5.78 Å². The van der Waals surface area contributed by atoms with Gasteiger partial charge >= 0.3 is 0 Å². The second-order valence-electron chi connectivity index (χ2n) is 6.80. The van der Waals surface area contributed by atoms with Crippen molar-refractivity contribution in [3.05, 3.63) is 87.3 Å². The van der Waals surface area contributed by atoms with Crippen molar-refractivity contribution in [1.29, 1.82) is 0 Å². The monoisotopic (exact) mass is 374 g/mol. The highest BCUT2D eigenvalue weighted by Gasteiger charge is 2.08. The van der Waals surface area contributed by atoms with Crippen molar-refractivity contribution >= 4 is 17.4 Å². The third kappa shape index (κ3) is 3.88. The van der Waals surface area contributed by atoms with E-state index < -0.39 is 0 Å². The molecule has 28 heavy (non-hydrogen) atoms. The van der Waals surface area contributed by atoms with Gasteiger partial charge in [0.05, 0.1) is 12.2 Å². The van der Waals surface area contributed by atoms with Crippen molar-refractivity contribution in [1.82, 2.24) is 19.6 Å². The minimum absolute atomic E-state index is 0.192. The Morgan fingerprint density at radius 1 is 0.964 bits per heavy atom. The second kappa shape index (κ2) is 7.56. The Kier molecular flexibility index (Phi) is 4.80. The lowest BCUT2D eigenvalue weighted by molar-refractivity contribution is 0.874. The highest BCUT2D eigenvalue weighted by atomic mass is 16.1. The van der Waals surface area contributed by atoms with E-state index in [4.69, 9.17) is 0 Å².